The molecule has 4 nitrogen and oxygen atoms in total. The number of aromatic nitrogens is 1. The van der Waals surface area contributed by atoms with Gasteiger partial charge in [0.15, 0.2) is 9.84 Å². The zero-order chi connectivity index (χ0) is 14.2. The number of pyridine rings is 1. The highest BCUT2D eigenvalue weighted by molar-refractivity contribution is 7.92. The van der Waals surface area contributed by atoms with Crippen LogP contribution < -0.4 is 0 Å². The Balaban J connectivity index is 2.06. The lowest BCUT2D eigenvalue weighted by Gasteiger charge is -2.27. The van der Waals surface area contributed by atoms with Crippen LogP contribution in [-0.4, -0.2) is 29.5 Å². The van der Waals surface area contributed by atoms with Crippen molar-refractivity contribution < 1.29 is 13.5 Å². The average Bonchev–Trinajstić information content (AvgIpc) is 2.45. The molecular weight excluding hydrogens is 274 g/mol. The summed E-state index contributed by atoms with van der Waals surface area (Å²) in [4.78, 5) is 4.08. The quantitative estimate of drug-likeness (QED) is 0.921. The van der Waals surface area contributed by atoms with Crippen LogP contribution in [0.5, 0.6) is 0 Å². The minimum absolute atomic E-state index is 0.178. The third kappa shape index (κ3) is 2.31. The van der Waals surface area contributed by atoms with Gasteiger partial charge in [-0.1, -0.05) is 24.6 Å². The van der Waals surface area contributed by atoms with E-state index in [0.29, 0.717) is 18.4 Å². The van der Waals surface area contributed by atoms with E-state index in [1.165, 1.54) is 0 Å². The van der Waals surface area contributed by atoms with Crippen molar-refractivity contribution in [2.45, 2.75) is 30.6 Å². The standard InChI is InChI=1S/C15H17NO3S/c17-15(14-6-1-2-9-20(14,18)19)12-5-3-4-11-7-8-16-10-13(11)12/h3-5,7-8,10,14-15,17H,1-2,6,9H2. The molecule has 0 spiro atoms. The van der Waals surface area contributed by atoms with Crippen molar-refractivity contribution in [3.8, 4) is 0 Å². The first kappa shape index (κ1) is 13.5. The monoisotopic (exact) mass is 291 g/mol. The van der Waals surface area contributed by atoms with Gasteiger partial charge in [-0.05, 0) is 29.9 Å². The highest BCUT2D eigenvalue weighted by atomic mass is 32.2. The molecule has 2 atom stereocenters. The summed E-state index contributed by atoms with van der Waals surface area (Å²) in [6, 6.07) is 7.43. The molecule has 0 amide bonds. The van der Waals surface area contributed by atoms with Gasteiger partial charge in [0.05, 0.1) is 17.1 Å². The van der Waals surface area contributed by atoms with Crippen LogP contribution >= 0.6 is 0 Å². The number of aliphatic hydroxyl groups excluding tert-OH is 1. The Kier molecular flexibility index (Phi) is 3.48. The van der Waals surface area contributed by atoms with Crippen LogP contribution in [0, 0.1) is 0 Å². The number of fused-ring (bicyclic) bond motifs is 1. The highest BCUT2D eigenvalue weighted by Gasteiger charge is 2.35. The van der Waals surface area contributed by atoms with E-state index in [1.54, 1.807) is 18.5 Å². The number of aliphatic hydroxyl groups is 1. The van der Waals surface area contributed by atoms with E-state index < -0.39 is 21.2 Å². The van der Waals surface area contributed by atoms with Gasteiger partial charge in [0.25, 0.3) is 0 Å². The predicted octanol–water partition coefficient (Wildman–Crippen LogP) is 2.24. The summed E-state index contributed by atoms with van der Waals surface area (Å²) in [5.41, 5.74) is 0.658. The van der Waals surface area contributed by atoms with Crippen LogP contribution in [-0.2, 0) is 9.84 Å². The number of hydrogen-bond donors (Lipinski definition) is 1. The Hall–Kier alpha value is -1.46. The van der Waals surface area contributed by atoms with Gasteiger partial charge < -0.3 is 5.11 Å². The van der Waals surface area contributed by atoms with E-state index in [9.17, 15) is 13.5 Å². The van der Waals surface area contributed by atoms with E-state index in [4.69, 9.17) is 0 Å². The maximum Gasteiger partial charge on any atom is 0.156 e. The van der Waals surface area contributed by atoms with Gasteiger partial charge in [0.2, 0.25) is 0 Å². The highest BCUT2D eigenvalue weighted by Crippen LogP contribution is 2.33. The zero-order valence-electron chi connectivity index (χ0n) is 11.1. The second-order valence-corrected chi connectivity index (χ2v) is 7.63. The van der Waals surface area contributed by atoms with Gasteiger partial charge in [-0.3, -0.25) is 4.98 Å². The molecule has 1 aliphatic rings. The van der Waals surface area contributed by atoms with Crippen LogP contribution in [0.15, 0.2) is 36.7 Å². The second kappa shape index (κ2) is 5.14. The SMILES string of the molecule is O=S1(=O)CCCCC1C(O)c1cccc2ccncc12. The molecule has 106 valence electrons. The third-order valence-corrected chi connectivity index (χ3v) is 6.29. The largest absolute Gasteiger partial charge is 0.387 e. The molecule has 1 aliphatic heterocycles. The Morgan fingerprint density at radius 1 is 1.25 bits per heavy atom. The van der Waals surface area contributed by atoms with Crippen molar-refractivity contribution in [1.82, 2.24) is 4.98 Å². The molecule has 1 aromatic heterocycles. The van der Waals surface area contributed by atoms with Crippen molar-refractivity contribution in [2.24, 2.45) is 0 Å². The Morgan fingerprint density at radius 3 is 2.90 bits per heavy atom. The minimum atomic E-state index is -3.21. The van der Waals surface area contributed by atoms with Crippen molar-refractivity contribution in [2.75, 3.05) is 5.75 Å². The van der Waals surface area contributed by atoms with E-state index in [1.807, 2.05) is 18.2 Å². The first-order chi connectivity index (χ1) is 9.59. The van der Waals surface area contributed by atoms with E-state index in [2.05, 4.69) is 4.98 Å². The maximum atomic E-state index is 12.2. The summed E-state index contributed by atoms with van der Waals surface area (Å²) >= 11 is 0. The third-order valence-electron chi connectivity index (χ3n) is 4.02. The van der Waals surface area contributed by atoms with E-state index in [0.717, 1.165) is 17.2 Å². The second-order valence-electron chi connectivity index (χ2n) is 5.29. The number of hydrogen-bond acceptors (Lipinski definition) is 4. The van der Waals surface area contributed by atoms with Crippen LogP contribution in [0.3, 0.4) is 0 Å². The van der Waals surface area contributed by atoms with Crippen LogP contribution in [0.25, 0.3) is 10.8 Å². The number of sulfone groups is 1. The van der Waals surface area contributed by atoms with Crippen molar-refractivity contribution >= 4 is 20.6 Å². The molecule has 1 saturated heterocycles. The average molecular weight is 291 g/mol. The molecule has 1 fully saturated rings. The fraction of sp³-hybridized carbons (Fsp3) is 0.400. The number of rotatable bonds is 2. The summed E-state index contributed by atoms with van der Waals surface area (Å²) in [7, 11) is -3.21. The molecule has 2 aromatic rings. The van der Waals surface area contributed by atoms with Gasteiger partial charge >= 0.3 is 0 Å². The molecule has 0 saturated carbocycles. The molecule has 1 N–H and O–H groups in total. The maximum absolute atomic E-state index is 12.2. The first-order valence-electron chi connectivity index (χ1n) is 6.82. The van der Waals surface area contributed by atoms with Gasteiger partial charge in [-0.25, -0.2) is 8.42 Å². The predicted molar refractivity (Wildman–Crippen MR) is 78.1 cm³/mol. The summed E-state index contributed by atoms with van der Waals surface area (Å²) in [5.74, 6) is 0.178. The van der Waals surface area contributed by atoms with Gasteiger partial charge in [-0.15, -0.1) is 0 Å². The molecule has 1 aromatic carbocycles. The summed E-state index contributed by atoms with van der Waals surface area (Å²) in [5, 5.41) is 11.7. The zero-order valence-corrected chi connectivity index (χ0v) is 11.9. The smallest absolute Gasteiger partial charge is 0.156 e. The van der Waals surface area contributed by atoms with Gasteiger partial charge in [-0.2, -0.15) is 0 Å². The van der Waals surface area contributed by atoms with Crippen molar-refractivity contribution in [3.05, 3.63) is 42.2 Å². The molecule has 2 unspecified atom stereocenters. The molecule has 0 aliphatic carbocycles. The minimum Gasteiger partial charge on any atom is -0.387 e. The lowest BCUT2D eigenvalue weighted by molar-refractivity contribution is 0.166. The topological polar surface area (TPSA) is 67.3 Å². The molecular formula is C15H17NO3S. The summed E-state index contributed by atoms with van der Waals surface area (Å²) in [6.07, 6.45) is 4.47. The first-order valence-corrected chi connectivity index (χ1v) is 8.53. The molecule has 20 heavy (non-hydrogen) atoms. The van der Waals surface area contributed by atoms with Crippen LogP contribution in [0.1, 0.15) is 30.9 Å². The molecule has 2 heterocycles. The van der Waals surface area contributed by atoms with E-state index in [-0.39, 0.29) is 5.75 Å². The fourth-order valence-corrected chi connectivity index (χ4v) is 4.90. The van der Waals surface area contributed by atoms with Gasteiger partial charge in [0.1, 0.15) is 0 Å². The van der Waals surface area contributed by atoms with Crippen LogP contribution in [0.2, 0.25) is 0 Å². The number of benzene rings is 1. The summed E-state index contributed by atoms with van der Waals surface area (Å²) < 4.78 is 24.3. The molecule has 0 radical (unpaired) electrons. The van der Waals surface area contributed by atoms with Gasteiger partial charge in [0, 0.05) is 17.8 Å². The number of nitrogens with zero attached hydrogens (tertiary/aromatic N) is 1. The normalized spacial score (nSPS) is 23.6. The molecule has 0 bridgehead atoms. The summed E-state index contributed by atoms with van der Waals surface area (Å²) in [6.45, 7) is 0. The Labute approximate surface area is 118 Å². The lowest BCUT2D eigenvalue weighted by Crippen LogP contribution is -2.33. The Bertz CT molecular complexity index is 721. The van der Waals surface area contributed by atoms with E-state index >= 15 is 0 Å². The van der Waals surface area contributed by atoms with Crippen molar-refractivity contribution in [3.63, 3.8) is 0 Å². The van der Waals surface area contributed by atoms with Crippen molar-refractivity contribution in [1.29, 1.82) is 0 Å². The molecule has 5 heteroatoms. The lowest BCUT2D eigenvalue weighted by atomic mass is 9.97. The Morgan fingerprint density at radius 2 is 2.10 bits per heavy atom. The van der Waals surface area contributed by atoms with Crippen LogP contribution in [0.4, 0.5) is 0 Å². The molecule has 3 rings (SSSR count). The fourth-order valence-electron chi connectivity index (χ4n) is 2.93.